The number of carbonyl (C=O) groups excluding carboxylic acids is 3. The molecule has 3 rings (SSSR count). The summed E-state index contributed by atoms with van der Waals surface area (Å²) >= 11 is 2.34. The number of imide groups is 1. The van der Waals surface area contributed by atoms with Gasteiger partial charge in [-0.25, -0.2) is 4.39 Å². The van der Waals surface area contributed by atoms with Crippen molar-refractivity contribution in [1.29, 1.82) is 0 Å². The minimum atomic E-state index is -0.419. The first-order chi connectivity index (χ1) is 13.0. The zero-order valence-electron chi connectivity index (χ0n) is 14.1. The van der Waals surface area contributed by atoms with E-state index in [1.165, 1.54) is 41.7 Å². The number of carbonyl (C=O) groups is 3. The molecule has 0 bridgehead atoms. The maximum absolute atomic E-state index is 12.9. The number of benzene rings is 1. The van der Waals surface area contributed by atoms with Crippen LogP contribution in [0.1, 0.15) is 10.4 Å². The first-order valence-electron chi connectivity index (χ1n) is 8.03. The molecule has 1 aromatic heterocycles. The number of rotatable bonds is 6. The van der Waals surface area contributed by atoms with Crippen molar-refractivity contribution in [1.82, 2.24) is 10.2 Å². The Balaban J connectivity index is 1.53. The van der Waals surface area contributed by atoms with E-state index in [1.807, 2.05) is 17.5 Å². The maximum atomic E-state index is 12.9. The number of thioether (sulfide) groups is 1. The molecular weight excluding hydrogens is 387 g/mol. The Hall–Kier alpha value is -2.71. The van der Waals surface area contributed by atoms with Crippen molar-refractivity contribution < 1.29 is 18.8 Å². The topological polar surface area (TPSA) is 66.5 Å². The Morgan fingerprint density at radius 2 is 1.96 bits per heavy atom. The summed E-state index contributed by atoms with van der Waals surface area (Å²) in [5.74, 6) is -1.08. The molecule has 1 aliphatic heterocycles. The van der Waals surface area contributed by atoms with Crippen molar-refractivity contribution in [3.63, 3.8) is 0 Å². The number of thiophene rings is 1. The van der Waals surface area contributed by atoms with E-state index in [4.69, 9.17) is 0 Å². The van der Waals surface area contributed by atoms with Crippen LogP contribution in [0.25, 0.3) is 12.2 Å². The minimum Gasteiger partial charge on any atom is -0.351 e. The summed E-state index contributed by atoms with van der Waals surface area (Å²) in [5, 5.41) is 4.17. The normalized spacial score (nSPS) is 15.9. The highest BCUT2D eigenvalue weighted by molar-refractivity contribution is 8.18. The Bertz CT molecular complexity index is 906. The van der Waals surface area contributed by atoms with Crippen LogP contribution in [0, 0.1) is 5.82 Å². The van der Waals surface area contributed by atoms with Gasteiger partial charge >= 0.3 is 0 Å². The number of hydrogen-bond donors (Lipinski definition) is 1. The van der Waals surface area contributed by atoms with E-state index < -0.39 is 11.1 Å². The maximum Gasteiger partial charge on any atom is 0.293 e. The number of amides is 3. The van der Waals surface area contributed by atoms with Crippen molar-refractivity contribution in [2.24, 2.45) is 0 Å². The molecule has 0 atom stereocenters. The van der Waals surface area contributed by atoms with Gasteiger partial charge in [0.05, 0.1) is 4.91 Å². The molecule has 1 aliphatic rings. The third-order valence-electron chi connectivity index (χ3n) is 3.62. The number of hydrogen-bond acceptors (Lipinski definition) is 5. The Labute approximate surface area is 163 Å². The van der Waals surface area contributed by atoms with Crippen LogP contribution in [0.4, 0.5) is 9.18 Å². The lowest BCUT2D eigenvalue weighted by Crippen LogP contribution is -2.36. The molecule has 1 fully saturated rings. The van der Waals surface area contributed by atoms with E-state index in [1.54, 1.807) is 12.2 Å². The molecule has 8 heteroatoms. The smallest absolute Gasteiger partial charge is 0.293 e. The van der Waals surface area contributed by atoms with Gasteiger partial charge in [0.1, 0.15) is 5.82 Å². The molecular formula is C19H15FN2O3S2. The predicted octanol–water partition coefficient (Wildman–Crippen LogP) is 3.75. The summed E-state index contributed by atoms with van der Waals surface area (Å²) in [5.41, 5.74) is 0.633. The van der Waals surface area contributed by atoms with Crippen LogP contribution in [-0.2, 0) is 9.59 Å². The summed E-state index contributed by atoms with van der Waals surface area (Å²) in [6.07, 6.45) is 4.66. The third-order valence-corrected chi connectivity index (χ3v) is 5.36. The average molecular weight is 402 g/mol. The van der Waals surface area contributed by atoms with Gasteiger partial charge in [0.25, 0.3) is 11.1 Å². The zero-order chi connectivity index (χ0) is 19.2. The number of nitrogens with one attached hydrogen (secondary N) is 1. The third kappa shape index (κ3) is 5.15. The Morgan fingerprint density at radius 1 is 1.19 bits per heavy atom. The molecule has 0 saturated carbocycles. The second-order valence-corrected chi connectivity index (χ2v) is 7.50. The number of nitrogens with zero attached hydrogens (tertiary/aromatic N) is 1. The van der Waals surface area contributed by atoms with Gasteiger partial charge < -0.3 is 5.32 Å². The zero-order valence-corrected chi connectivity index (χ0v) is 15.7. The average Bonchev–Trinajstić information content (AvgIpc) is 3.26. The lowest BCUT2D eigenvalue weighted by Gasteiger charge is -2.12. The molecule has 0 aliphatic carbocycles. The van der Waals surface area contributed by atoms with Crippen molar-refractivity contribution in [3.8, 4) is 0 Å². The van der Waals surface area contributed by atoms with Crippen LogP contribution in [0.2, 0.25) is 0 Å². The van der Waals surface area contributed by atoms with Crippen LogP contribution >= 0.6 is 23.1 Å². The predicted molar refractivity (Wildman–Crippen MR) is 105 cm³/mol. The van der Waals surface area contributed by atoms with Crippen LogP contribution in [-0.4, -0.2) is 35.0 Å². The molecule has 0 radical (unpaired) electrons. The molecule has 2 heterocycles. The Kier molecular flexibility index (Phi) is 6.20. The van der Waals surface area contributed by atoms with Crippen LogP contribution < -0.4 is 5.32 Å². The lowest BCUT2D eigenvalue weighted by atomic mass is 10.2. The fraction of sp³-hybridized carbons (Fsp3) is 0.105. The summed E-state index contributed by atoms with van der Waals surface area (Å²) in [6, 6.07) is 9.42. The van der Waals surface area contributed by atoms with Gasteiger partial charge in [0, 0.05) is 24.0 Å². The summed E-state index contributed by atoms with van der Waals surface area (Å²) < 4.78 is 12.9. The molecule has 138 valence electrons. The van der Waals surface area contributed by atoms with Gasteiger partial charge in [0.15, 0.2) is 0 Å². The molecule has 5 nitrogen and oxygen atoms in total. The fourth-order valence-corrected chi connectivity index (χ4v) is 3.78. The summed E-state index contributed by atoms with van der Waals surface area (Å²) in [7, 11) is 0. The van der Waals surface area contributed by atoms with E-state index in [0.717, 1.165) is 21.5 Å². The molecule has 0 spiro atoms. The number of halogens is 1. The molecule has 2 aromatic rings. The lowest BCUT2D eigenvalue weighted by molar-refractivity contribution is -0.123. The van der Waals surface area contributed by atoms with Gasteiger partial charge in [-0.1, -0.05) is 18.2 Å². The molecule has 3 amide bonds. The van der Waals surface area contributed by atoms with Crippen molar-refractivity contribution in [3.05, 3.63) is 69.0 Å². The van der Waals surface area contributed by atoms with E-state index in [2.05, 4.69) is 5.32 Å². The summed E-state index contributed by atoms with van der Waals surface area (Å²) in [6.45, 7) is 0.249. The molecule has 1 aromatic carbocycles. The largest absolute Gasteiger partial charge is 0.351 e. The monoisotopic (exact) mass is 402 g/mol. The van der Waals surface area contributed by atoms with Crippen molar-refractivity contribution in [2.45, 2.75) is 0 Å². The highest BCUT2D eigenvalue weighted by Crippen LogP contribution is 2.31. The van der Waals surface area contributed by atoms with Crippen LogP contribution in [0.5, 0.6) is 0 Å². The second kappa shape index (κ2) is 8.79. The van der Waals surface area contributed by atoms with Crippen LogP contribution in [0.15, 0.2) is 52.8 Å². The second-order valence-electron chi connectivity index (χ2n) is 5.52. The van der Waals surface area contributed by atoms with E-state index in [9.17, 15) is 18.8 Å². The quantitative estimate of drug-likeness (QED) is 0.748. The highest BCUT2D eigenvalue weighted by Gasteiger charge is 2.34. The highest BCUT2D eigenvalue weighted by atomic mass is 32.2. The van der Waals surface area contributed by atoms with E-state index in [-0.39, 0.29) is 29.7 Å². The fourth-order valence-electron chi connectivity index (χ4n) is 2.30. The van der Waals surface area contributed by atoms with E-state index in [0.29, 0.717) is 5.56 Å². The SMILES string of the molecule is O=C(C=Cc1cccs1)NCCN1C(=O)SC(=Cc2ccc(F)cc2)C1=O. The molecule has 1 saturated heterocycles. The Morgan fingerprint density at radius 3 is 2.67 bits per heavy atom. The van der Waals surface area contributed by atoms with Crippen LogP contribution in [0.3, 0.4) is 0 Å². The van der Waals surface area contributed by atoms with Crippen molar-refractivity contribution in [2.75, 3.05) is 13.1 Å². The van der Waals surface area contributed by atoms with Gasteiger partial charge in [0.2, 0.25) is 5.91 Å². The molecule has 1 N–H and O–H groups in total. The molecule has 0 unspecified atom stereocenters. The molecule has 27 heavy (non-hydrogen) atoms. The van der Waals surface area contributed by atoms with Gasteiger partial charge in [-0.15, -0.1) is 11.3 Å². The first kappa shape index (κ1) is 19.1. The minimum absolute atomic E-state index is 0.0873. The standard InChI is InChI=1S/C19H15FN2O3S2/c20-14-5-3-13(4-6-14)12-16-18(24)22(19(25)27-16)10-9-21-17(23)8-7-15-2-1-11-26-15/h1-8,11-12H,9-10H2,(H,21,23). The van der Waals surface area contributed by atoms with E-state index >= 15 is 0 Å². The van der Waals surface area contributed by atoms with Crippen molar-refractivity contribution >= 4 is 52.3 Å². The summed E-state index contributed by atoms with van der Waals surface area (Å²) in [4.78, 5) is 38.5. The van der Waals surface area contributed by atoms with Gasteiger partial charge in [-0.2, -0.15) is 0 Å². The first-order valence-corrected chi connectivity index (χ1v) is 9.73. The van der Waals surface area contributed by atoms with Gasteiger partial charge in [-0.05, 0) is 53.1 Å². The van der Waals surface area contributed by atoms with Gasteiger partial charge in [-0.3, -0.25) is 19.3 Å².